The second-order valence-corrected chi connectivity index (χ2v) is 6.88. The minimum absolute atomic E-state index is 0.179. The highest BCUT2D eigenvalue weighted by Gasteiger charge is 2.42. The van der Waals surface area contributed by atoms with Crippen LogP contribution in [0.25, 0.3) is 0 Å². The first-order valence-electron chi connectivity index (χ1n) is 6.92. The van der Waals surface area contributed by atoms with Crippen molar-refractivity contribution >= 4 is 23.8 Å². The summed E-state index contributed by atoms with van der Waals surface area (Å²) in [5.74, 6) is 1.62. The van der Waals surface area contributed by atoms with Gasteiger partial charge >= 0.3 is 12.0 Å². The maximum atomic E-state index is 12.0. The van der Waals surface area contributed by atoms with Crippen LogP contribution in [0, 0.1) is 5.92 Å². The summed E-state index contributed by atoms with van der Waals surface area (Å²) in [5, 5.41) is 15.0. The van der Waals surface area contributed by atoms with Crippen LogP contribution in [-0.4, -0.2) is 40.2 Å². The fraction of sp³-hybridized carbons (Fsp3) is 0.846. The number of thioether (sulfide) groups is 1. The fourth-order valence-corrected chi connectivity index (χ4v) is 3.89. The van der Waals surface area contributed by atoms with Crippen molar-refractivity contribution in [2.75, 3.05) is 11.5 Å². The van der Waals surface area contributed by atoms with Gasteiger partial charge in [0.25, 0.3) is 0 Å². The van der Waals surface area contributed by atoms with Crippen molar-refractivity contribution in [1.82, 2.24) is 10.6 Å². The van der Waals surface area contributed by atoms with E-state index in [1.807, 2.05) is 11.8 Å². The van der Waals surface area contributed by atoms with Crippen molar-refractivity contribution < 1.29 is 14.7 Å². The normalized spacial score (nSPS) is 34.8. The highest BCUT2D eigenvalue weighted by atomic mass is 32.2. The maximum absolute atomic E-state index is 12.0. The summed E-state index contributed by atoms with van der Waals surface area (Å²) in [4.78, 5) is 23.5. The van der Waals surface area contributed by atoms with Gasteiger partial charge in [0.05, 0.1) is 0 Å². The predicted molar refractivity (Wildman–Crippen MR) is 75.4 cm³/mol. The van der Waals surface area contributed by atoms with E-state index in [2.05, 4.69) is 17.6 Å². The lowest BCUT2D eigenvalue weighted by atomic mass is 9.77. The smallest absolute Gasteiger partial charge is 0.329 e. The molecule has 108 valence electrons. The summed E-state index contributed by atoms with van der Waals surface area (Å²) in [6.45, 7) is 2.13. The van der Waals surface area contributed by atoms with Gasteiger partial charge in [0, 0.05) is 11.8 Å². The molecule has 0 radical (unpaired) electrons. The van der Waals surface area contributed by atoms with Gasteiger partial charge in [0.1, 0.15) is 5.54 Å². The van der Waals surface area contributed by atoms with Crippen LogP contribution in [0.4, 0.5) is 4.79 Å². The van der Waals surface area contributed by atoms with Crippen molar-refractivity contribution in [3.05, 3.63) is 0 Å². The molecule has 1 atom stereocenters. The van der Waals surface area contributed by atoms with E-state index in [0.29, 0.717) is 18.8 Å². The lowest BCUT2D eigenvalue weighted by molar-refractivity contribution is -0.146. The molecule has 0 bridgehead atoms. The zero-order valence-corrected chi connectivity index (χ0v) is 12.1. The standard InChI is InChI=1S/C13H22N2O3S/c1-9-2-5-13(6-3-9,11(16)17)15-12(18)14-10-4-7-19-8-10/h9-10H,2-8H2,1H3,(H,16,17)(H2,14,15,18). The Morgan fingerprint density at radius 2 is 1.95 bits per heavy atom. The lowest BCUT2D eigenvalue weighted by Gasteiger charge is -2.36. The molecule has 2 aliphatic rings. The van der Waals surface area contributed by atoms with E-state index in [4.69, 9.17) is 0 Å². The quantitative estimate of drug-likeness (QED) is 0.739. The number of carboxylic acid groups (broad SMARTS) is 1. The van der Waals surface area contributed by atoms with Crippen molar-refractivity contribution in [3.8, 4) is 0 Å². The second-order valence-electron chi connectivity index (χ2n) is 5.73. The van der Waals surface area contributed by atoms with Crippen LogP contribution in [0.2, 0.25) is 0 Å². The zero-order valence-electron chi connectivity index (χ0n) is 11.3. The van der Waals surface area contributed by atoms with Crippen LogP contribution in [0.5, 0.6) is 0 Å². The van der Waals surface area contributed by atoms with Gasteiger partial charge in [0.15, 0.2) is 0 Å². The third kappa shape index (κ3) is 3.55. The minimum atomic E-state index is -1.07. The fourth-order valence-electron chi connectivity index (χ4n) is 2.73. The number of carbonyl (C=O) groups excluding carboxylic acids is 1. The van der Waals surface area contributed by atoms with E-state index in [-0.39, 0.29) is 12.1 Å². The van der Waals surface area contributed by atoms with Gasteiger partial charge in [-0.3, -0.25) is 0 Å². The molecule has 6 heteroatoms. The largest absolute Gasteiger partial charge is 0.480 e. The van der Waals surface area contributed by atoms with Gasteiger partial charge < -0.3 is 15.7 Å². The summed E-state index contributed by atoms with van der Waals surface area (Å²) in [6.07, 6.45) is 3.72. The van der Waals surface area contributed by atoms with Gasteiger partial charge in [-0.25, -0.2) is 9.59 Å². The Morgan fingerprint density at radius 1 is 1.26 bits per heavy atom. The van der Waals surface area contributed by atoms with Gasteiger partial charge in [0.2, 0.25) is 0 Å². The van der Waals surface area contributed by atoms with Gasteiger partial charge in [-0.15, -0.1) is 0 Å². The van der Waals surface area contributed by atoms with E-state index in [0.717, 1.165) is 30.8 Å². The maximum Gasteiger partial charge on any atom is 0.329 e. The van der Waals surface area contributed by atoms with Crippen molar-refractivity contribution in [2.24, 2.45) is 5.92 Å². The third-order valence-electron chi connectivity index (χ3n) is 4.15. The molecule has 0 aromatic carbocycles. The summed E-state index contributed by atoms with van der Waals surface area (Å²) in [6, 6.07) is -0.150. The van der Waals surface area contributed by atoms with Crippen LogP contribution in [-0.2, 0) is 4.79 Å². The Kier molecular flexibility index (Phi) is 4.60. The lowest BCUT2D eigenvalue weighted by Crippen LogP contribution is -2.59. The molecule has 1 saturated carbocycles. The van der Waals surface area contributed by atoms with E-state index in [9.17, 15) is 14.7 Å². The molecule has 1 saturated heterocycles. The van der Waals surface area contributed by atoms with Crippen LogP contribution in [0.15, 0.2) is 0 Å². The average Bonchev–Trinajstić information content (AvgIpc) is 2.84. The van der Waals surface area contributed by atoms with Gasteiger partial charge in [-0.2, -0.15) is 11.8 Å². The number of nitrogens with one attached hydrogen (secondary N) is 2. The number of amides is 2. The zero-order chi connectivity index (χ0) is 13.9. The number of hydrogen-bond acceptors (Lipinski definition) is 3. The highest BCUT2D eigenvalue weighted by Crippen LogP contribution is 2.32. The van der Waals surface area contributed by atoms with Gasteiger partial charge in [-0.05, 0) is 43.8 Å². The molecule has 0 aromatic rings. The number of urea groups is 1. The number of carbonyl (C=O) groups is 2. The second kappa shape index (κ2) is 6.03. The number of aliphatic carboxylic acids is 1. The molecule has 19 heavy (non-hydrogen) atoms. The van der Waals surface area contributed by atoms with E-state index in [1.165, 1.54) is 0 Å². The molecule has 1 aliphatic carbocycles. The summed E-state index contributed by atoms with van der Waals surface area (Å²) in [7, 11) is 0. The highest BCUT2D eigenvalue weighted by molar-refractivity contribution is 7.99. The summed E-state index contributed by atoms with van der Waals surface area (Å²) >= 11 is 1.82. The molecule has 0 aromatic heterocycles. The van der Waals surface area contributed by atoms with Gasteiger partial charge in [-0.1, -0.05) is 6.92 Å². The molecule has 2 rings (SSSR count). The van der Waals surface area contributed by atoms with Crippen molar-refractivity contribution in [1.29, 1.82) is 0 Å². The summed E-state index contributed by atoms with van der Waals surface area (Å²) in [5.41, 5.74) is -1.07. The Hall–Kier alpha value is -0.910. The van der Waals surface area contributed by atoms with Crippen LogP contribution in [0.1, 0.15) is 39.0 Å². The molecular weight excluding hydrogens is 264 g/mol. The van der Waals surface area contributed by atoms with Crippen LogP contribution < -0.4 is 10.6 Å². The molecule has 2 fully saturated rings. The molecule has 5 nitrogen and oxygen atoms in total. The molecule has 0 spiro atoms. The molecule has 3 N–H and O–H groups in total. The Balaban J connectivity index is 1.92. The van der Waals surface area contributed by atoms with E-state index < -0.39 is 11.5 Å². The number of carboxylic acids is 1. The van der Waals surface area contributed by atoms with E-state index >= 15 is 0 Å². The molecule has 2 amide bonds. The monoisotopic (exact) mass is 286 g/mol. The molecular formula is C13H22N2O3S. The topological polar surface area (TPSA) is 78.4 Å². The Bertz CT molecular complexity index is 348. The van der Waals surface area contributed by atoms with Crippen LogP contribution >= 0.6 is 11.8 Å². The van der Waals surface area contributed by atoms with Crippen molar-refractivity contribution in [3.63, 3.8) is 0 Å². The first-order valence-corrected chi connectivity index (χ1v) is 8.07. The number of rotatable bonds is 3. The molecule has 1 heterocycles. The minimum Gasteiger partial charge on any atom is -0.480 e. The molecule has 1 aliphatic heterocycles. The first kappa shape index (κ1) is 14.5. The number of hydrogen-bond donors (Lipinski definition) is 3. The Morgan fingerprint density at radius 3 is 2.47 bits per heavy atom. The van der Waals surface area contributed by atoms with Crippen molar-refractivity contribution in [2.45, 2.75) is 50.6 Å². The predicted octanol–water partition coefficient (Wildman–Crippen LogP) is 1.82. The third-order valence-corrected chi connectivity index (χ3v) is 5.32. The molecule has 1 unspecified atom stereocenters. The van der Waals surface area contributed by atoms with E-state index in [1.54, 1.807) is 0 Å². The first-order chi connectivity index (χ1) is 9.02. The average molecular weight is 286 g/mol. The summed E-state index contributed by atoms with van der Waals surface area (Å²) < 4.78 is 0. The van der Waals surface area contributed by atoms with Crippen LogP contribution in [0.3, 0.4) is 0 Å². The SMILES string of the molecule is CC1CCC(NC(=O)NC2CCSC2)(C(=O)O)CC1. The Labute approximate surface area is 117 Å².